The van der Waals surface area contributed by atoms with Crippen molar-refractivity contribution in [3.05, 3.63) is 0 Å². The maximum Gasteiger partial charge on any atom is 0.333 e. The number of aliphatic carboxylic acids is 1. The lowest BCUT2D eigenvalue weighted by Crippen LogP contribution is -2.30. The van der Waals surface area contributed by atoms with Crippen molar-refractivity contribution in [3.8, 4) is 0 Å². The number of halogens is 2. The van der Waals surface area contributed by atoms with Gasteiger partial charge in [-0.05, 0) is 0 Å². The molecule has 0 aliphatic heterocycles. The molecule has 0 saturated carbocycles. The van der Waals surface area contributed by atoms with Gasteiger partial charge in [0.2, 0.25) is 0 Å². The zero-order valence-corrected chi connectivity index (χ0v) is 7.59. The van der Waals surface area contributed by atoms with E-state index in [9.17, 15) is 4.79 Å². The van der Waals surface area contributed by atoms with Crippen molar-refractivity contribution >= 4 is 37.8 Å². The molecular formula is C4H6Br2O3. The summed E-state index contributed by atoms with van der Waals surface area (Å²) in [6.45, 7) is 0. The van der Waals surface area contributed by atoms with Crippen LogP contribution < -0.4 is 0 Å². The predicted molar refractivity (Wildman–Crippen MR) is 40.2 cm³/mol. The Morgan fingerprint density at radius 1 is 1.67 bits per heavy atom. The van der Waals surface area contributed by atoms with E-state index in [0.29, 0.717) is 5.33 Å². The normalized spacial score (nSPS) is 16.8. The summed E-state index contributed by atoms with van der Waals surface area (Å²) in [7, 11) is 0. The van der Waals surface area contributed by atoms with Gasteiger partial charge in [-0.25, -0.2) is 4.79 Å². The van der Waals surface area contributed by atoms with Crippen molar-refractivity contribution in [1.29, 1.82) is 0 Å². The molecule has 0 amide bonds. The van der Waals surface area contributed by atoms with Crippen LogP contribution in [0, 0.1) is 0 Å². The Bertz CT molecular complexity index is 106. The highest BCUT2D eigenvalue weighted by atomic mass is 79.9. The number of alkyl halides is 2. The Hall–Kier alpha value is 0.390. The first-order chi connectivity index (χ1) is 4.09. The molecule has 0 aromatic heterocycles. The molecule has 0 bridgehead atoms. The lowest BCUT2D eigenvalue weighted by Gasteiger charge is -2.08. The van der Waals surface area contributed by atoms with E-state index in [1.54, 1.807) is 0 Å². The van der Waals surface area contributed by atoms with Crippen LogP contribution in [0.4, 0.5) is 0 Å². The topological polar surface area (TPSA) is 57.5 Å². The summed E-state index contributed by atoms with van der Waals surface area (Å²) < 4.78 is 0. The third kappa shape index (κ3) is 3.17. The maximum atomic E-state index is 10.00. The second kappa shape index (κ2) is 4.24. The van der Waals surface area contributed by atoms with Gasteiger partial charge in [-0.15, -0.1) is 0 Å². The zero-order chi connectivity index (χ0) is 7.44. The van der Waals surface area contributed by atoms with E-state index >= 15 is 0 Å². The second-order valence-electron chi connectivity index (χ2n) is 1.45. The predicted octanol–water partition coefficient (Wildman–Crippen LogP) is 0.590. The molecule has 0 spiro atoms. The summed E-state index contributed by atoms with van der Waals surface area (Å²) >= 11 is 5.98. The number of aliphatic hydroxyl groups excluding tert-OH is 1. The van der Waals surface area contributed by atoms with Gasteiger partial charge in [-0.3, -0.25) is 0 Å². The minimum absolute atomic E-state index is 0.417. The van der Waals surface area contributed by atoms with Crippen molar-refractivity contribution < 1.29 is 15.0 Å². The van der Waals surface area contributed by atoms with Crippen LogP contribution in [0.5, 0.6) is 0 Å². The average molecular weight is 262 g/mol. The number of carbonyl (C=O) groups is 1. The van der Waals surface area contributed by atoms with Crippen molar-refractivity contribution in [2.24, 2.45) is 0 Å². The van der Waals surface area contributed by atoms with Gasteiger partial charge in [0.05, 0.1) is 4.83 Å². The SMILES string of the molecule is O=C(O)[C@H](O)[C@H](Br)CBr. The van der Waals surface area contributed by atoms with E-state index in [4.69, 9.17) is 10.2 Å². The van der Waals surface area contributed by atoms with E-state index in [2.05, 4.69) is 31.9 Å². The van der Waals surface area contributed by atoms with E-state index in [1.165, 1.54) is 0 Å². The molecule has 9 heavy (non-hydrogen) atoms. The molecule has 0 saturated heterocycles. The fourth-order valence-electron chi connectivity index (χ4n) is 0.239. The van der Waals surface area contributed by atoms with Crippen molar-refractivity contribution in [2.45, 2.75) is 10.9 Å². The molecular weight excluding hydrogens is 256 g/mol. The van der Waals surface area contributed by atoms with Crippen LogP contribution in [0.15, 0.2) is 0 Å². The maximum absolute atomic E-state index is 10.00. The van der Waals surface area contributed by atoms with Crippen LogP contribution >= 0.6 is 31.9 Å². The van der Waals surface area contributed by atoms with E-state index in [1.807, 2.05) is 0 Å². The molecule has 0 heterocycles. The van der Waals surface area contributed by atoms with Gasteiger partial charge in [0.1, 0.15) is 0 Å². The quantitative estimate of drug-likeness (QED) is 0.732. The molecule has 0 aliphatic rings. The van der Waals surface area contributed by atoms with Gasteiger partial charge >= 0.3 is 5.97 Å². The first-order valence-corrected chi connectivity index (χ1v) is 4.24. The third-order valence-corrected chi connectivity index (χ3v) is 3.13. The Kier molecular flexibility index (Phi) is 4.43. The highest BCUT2D eigenvalue weighted by molar-refractivity contribution is 9.12. The van der Waals surface area contributed by atoms with E-state index in [-0.39, 0.29) is 0 Å². The summed E-state index contributed by atoms with van der Waals surface area (Å²) in [5.41, 5.74) is 0. The van der Waals surface area contributed by atoms with Gasteiger partial charge in [-0.1, -0.05) is 31.9 Å². The third-order valence-electron chi connectivity index (χ3n) is 0.743. The summed E-state index contributed by atoms with van der Waals surface area (Å²) in [5, 5.41) is 17.3. The Labute approximate surface area is 69.3 Å². The monoisotopic (exact) mass is 260 g/mol. The van der Waals surface area contributed by atoms with Crippen LogP contribution in [0.2, 0.25) is 0 Å². The number of carboxylic acids is 1. The van der Waals surface area contributed by atoms with Crippen LogP contribution in [-0.2, 0) is 4.79 Å². The van der Waals surface area contributed by atoms with Crippen LogP contribution in [0.1, 0.15) is 0 Å². The summed E-state index contributed by atoms with van der Waals surface area (Å²) in [6, 6.07) is 0. The van der Waals surface area contributed by atoms with Crippen LogP contribution in [-0.4, -0.2) is 32.4 Å². The number of hydrogen-bond acceptors (Lipinski definition) is 2. The Balaban J connectivity index is 3.72. The molecule has 0 fully saturated rings. The fraction of sp³-hybridized carbons (Fsp3) is 0.750. The minimum Gasteiger partial charge on any atom is -0.479 e. The molecule has 0 aliphatic carbocycles. The van der Waals surface area contributed by atoms with Crippen molar-refractivity contribution in [3.63, 3.8) is 0 Å². The zero-order valence-electron chi connectivity index (χ0n) is 4.42. The highest BCUT2D eigenvalue weighted by Gasteiger charge is 2.21. The first-order valence-electron chi connectivity index (χ1n) is 2.20. The standard InChI is InChI=1S/C4H6Br2O3/c5-1-2(6)3(7)4(8)9/h2-3,7H,1H2,(H,8,9)/t2-,3-/m1/s1. The second-order valence-corrected chi connectivity index (χ2v) is 3.28. The van der Waals surface area contributed by atoms with Gasteiger partial charge in [0.25, 0.3) is 0 Å². The Morgan fingerprint density at radius 2 is 2.11 bits per heavy atom. The van der Waals surface area contributed by atoms with Gasteiger partial charge in [0.15, 0.2) is 6.10 Å². The largest absolute Gasteiger partial charge is 0.479 e. The molecule has 0 aromatic carbocycles. The van der Waals surface area contributed by atoms with Gasteiger partial charge in [0, 0.05) is 5.33 Å². The molecule has 2 N–H and O–H groups in total. The average Bonchev–Trinajstić information content (AvgIpc) is 1.84. The summed E-state index contributed by atoms with van der Waals surface area (Å²) in [6.07, 6.45) is -1.33. The highest BCUT2D eigenvalue weighted by Crippen LogP contribution is 2.08. The molecule has 54 valence electrons. The van der Waals surface area contributed by atoms with Crippen molar-refractivity contribution in [1.82, 2.24) is 0 Å². The fourth-order valence-corrected chi connectivity index (χ4v) is 0.819. The number of rotatable bonds is 3. The lowest BCUT2D eigenvalue weighted by atomic mass is 10.3. The smallest absolute Gasteiger partial charge is 0.333 e. The first kappa shape index (κ1) is 9.39. The summed E-state index contributed by atoms with van der Waals surface area (Å²) in [4.78, 5) is 9.58. The van der Waals surface area contributed by atoms with Crippen molar-refractivity contribution in [2.75, 3.05) is 5.33 Å². The summed E-state index contributed by atoms with van der Waals surface area (Å²) in [5.74, 6) is -1.21. The van der Waals surface area contributed by atoms with E-state index in [0.717, 1.165) is 0 Å². The number of hydrogen-bond donors (Lipinski definition) is 2. The Morgan fingerprint density at radius 3 is 2.22 bits per heavy atom. The van der Waals surface area contributed by atoms with Crippen LogP contribution in [0.25, 0.3) is 0 Å². The molecule has 3 nitrogen and oxygen atoms in total. The molecule has 0 aromatic rings. The lowest BCUT2D eigenvalue weighted by molar-refractivity contribution is -0.146. The molecule has 0 unspecified atom stereocenters. The number of aliphatic hydroxyl groups is 1. The van der Waals surface area contributed by atoms with Gasteiger partial charge < -0.3 is 10.2 Å². The minimum atomic E-state index is -1.33. The van der Waals surface area contributed by atoms with Crippen LogP contribution in [0.3, 0.4) is 0 Å². The molecule has 0 rings (SSSR count). The van der Waals surface area contributed by atoms with E-state index < -0.39 is 16.9 Å². The molecule has 5 heteroatoms. The van der Waals surface area contributed by atoms with Gasteiger partial charge in [-0.2, -0.15) is 0 Å². The molecule has 0 radical (unpaired) electrons. The number of carboxylic acid groups (broad SMARTS) is 1. The molecule has 2 atom stereocenters.